The number of pyridine rings is 1. The Morgan fingerprint density at radius 2 is 1.43 bits per heavy atom. The van der Waals surface area contributed by atoms with E-state index in [1.54, 1.807) is 0 Å². The summed E-state index contributed by atoms with van der Waals surface area (Å²) >= 11 is 0. The van der Waals surface area contributed by atoms with Gasteiger partial charge in [-0.2, -0.15) is 0 Å². The summed E-state index contributed by atoms with van der Waals surface area (Å²) in [6, 6.07) is 15.8. The van der Waals surface area contributed by atoms with E-state index in [1.807, 2.05) is 33.0 Å². The van der Waals surface area contributed by atoms with Gasteiger partial charge in [0, 0.05) is 23.6 Å². The Morgan fingerprint density at radius 1 is 0.775 bits per heavy atom. The highest BCUT2D eigenvalue weighted by atomic mass is 17.2. The van der Waals surface area contributed by atoms with E-state index in [0.717, 1.165) is 36.1 Å². The number of rotatable bonds is 14. The Kier molecular flexibility index (Phi) is 11.3. The zero-order chi connectivity index (χ0) is 29.3. The molecule has 0 spiro atoms. The molecule has 40 heavy (non-hydrogen) atoms. The number of hydrogen-bond acceptors (Lipinski definition) is 4. The Labute approximate surface area is 242 Å². The molecule has 0 saturated carbocycles. The molecule has 3 rings (SSSR count). The molecule has 4 heteroatoms. The highest BCUT2D eigenvalue weighted by Crippen LogP contribution is 2.42. The van der Waals surface area contributed by atoms with Crippen molar-refractivity contribution in [3.63, 3.8) is 0 Å². The van der Waals surface area contributed by atoms with E-state index in [4.69, 9.17) is 14.8 Å². The van der Waals surface area contributed by atoms with Crippen LogP contribution in [0.4, 0.5) is 0 Å². The molecule has 4 nitrogen and oxygen atoms in total. The predicted octanol–water partition coefficient (Wildman–Crippen LogP) is 8.85. The molecule has 3 aromatic rings. The molecule has 0 saturated heterocycles. The van der Waals surface area contributed by atoms with E-state index in [-0.39, 0.29) is 5.41 Å². The Bertz CT molecular complexity index is 1240. The van der Waals surface area contributed by atoms with Crippen LogP contribution in [0.3, 0.4) is 0 Å². The van der Waals surface area contributed by atoms with Crippen LogP contribution in [-0.4, -0.2) is 28.9 Å². The highest BCUT2D eigenvalue weighted by Gasteiger charge is 2.32. The van der Waals surface area contributed by atoms with Crippen LogP contribution in [0, 0.1) is 20.8 Å². The third-order valence-corrected chi connectivity index (χ3v) is 8.67. The summed E-state index contributed by atoms with van der Waals surface area (Å²) in [4.78, 5) is 14.9. The van der Waals surface area contributed by atoms with Crippen molar-refractivity contribution in [2.24, 2.45) is 0 Å². The zero-order valence-corrected chi connectivity index (χ0v) is 25.9. The summed E-state index contributed by atoms with van der Waals surface area (Å²) in [5.74, 6) is 0. The van der Waals surface area contributed by atoms with E-state index < -0.39 is 5.60 Å². The Hall–Kier alpha value is -2.79. The van der Waals surface area contributed by atoms with Crippen LogP contribution in [0.15, 0.2) is 54.7 Å². The zero-order valence-electron chi connectivity index (χ0n) is 25.9. The first-order valence-corrected chi connectivity index (χ1v) is 15.0. The van der Waals surface area contributed by atoms with Gasteiger partial charge < -0.3 is 5.11 Å². The maximum atomic E-state index is 10.7. The van der Waals surface area contributed by atoms with Crippen LogP contribution in [0.5, 0.6) is 0 Å². The lowest BCUT2D eigenvalue weighted by molar-refractivity contribution is -0.290. The number of benzene rings is 2. The Balaban J connectivity index is 1.94. The number of aryl methyl sites for hydroxylation is 3. The van der Waals surface area contributed by atoms with Crippen LogP contribution in [-0.2, 0) is 21.6 Å². The minimum absolute atomic E-state index is 0.0769. The van der Waals surface area contributed by atoms with Gasteiger partial charge in [-0.3, -0.25) is 4.98 Å². The van der Waals surface area contributed by atoms with Gasteiger partial charge in [-0.1, -0.05) is 76.2 Å². The lowest BCUT2D eigenvalue weighted by atomic mass is 9.69. The lowest BCUT2D eigenvalue weighted by Gasteiger charge is -2.35. The van der Waals surface area contributed by atoms with Crippen LogP contribution >= 0.6 is 0 Å². The summed E-state index contributed by atoms with van der Waals surface area (Å²) in [6.45, 7) is 18.2. The molecule has 0 aliphatic rings. The van der Waals surface area contributed by atoms with Gasteiger partial charge >= 0.3 is 0 Å². The molecule has 0 bridgehead atoms. The van der Waals surface area contributed by atoms with E-state index >= 15 is 0 Å². The quantitative estimate of drug-likeness (QED) is 0.125. The van der Waals surface area contributed by atoms with Crippen LogP contribution in [0.25, 0.3) is 17.3 Å². The minimum Gasteiger partial charge on any atom is -0.386 e. The number of aliphatic hydroxyl groups is 1. The Morgan fingerprint density at radius 3 is 1.95 bits per heavy atom. The molecule has 1 heterocycles. The molecular weight excluding hydrogens is 494 g/mol. The monoisotopic (exact) mass is 543 g/mol. The van der Waals surface area contributed by atoms with Crippen LogP contribution < -0.4 is 0 Å². The summed E-state index contributed by atoms with van der Waals surface area (Å²) < 4.78 is 0. The lowest BCUT2D eigenvalue weighted by Crippen LogP contribution is -2.26. The summed E-state index contributed by atoms with van der Waals surface area (Å²) in [5, 5.41) is 10.7. The molecule has 0 amide bonds. The molecule has 0 unspecified atom stereocenters. The second-order valence-corrected chi connectivity index (χ2v) is 11.0. The minimum atomic E-state index is -0.744. The van der Waals surface area contributed by atoms with Crippen molar-refractivity contribution < 1.29 is 14.9 Å². The molecule has 2 aromatic carbocycles. The highest BCUT2D eigenvalue weighted by molar-refractivity contribution is 5.69. The normalized spacial score (nSPS) is 12.4. The number of aromatic nitrogens is 1. The van der Waals surface area contributed by atoms with Gasteiger partial charge in [-0.05, 0) is 98.4 Å². The van der Waals surface area contributed by atoms with E-state index in [0.29, 0.717) is 26.1 Å². The predicted molar refractivity (Wildman–Crippen MR) is 168 cm³/mol. The van der Waals surface area contributed by atoms with Gasteiger partial charge in [0.25, 0.3) is 0 Å². The summed E-state index contributed by atoms with van der Waals surface area (Å²) in [6.07, 6.45) is 10.2. The fourth-order valence-corrected chi connectivity index (χ4v) is 5.79. The summed E-state index contributed by atoms with van der Waals surface area (Å²) in [5.41, 5.74) is 10.1. The molecule has 0 atom stereocenters. The van der Waals surface area contributed by atoms with Crippen LogP contribution in [0.2, 0.25) is 0 Å². The van der Waals surface area contributed by atoms with Crippen molar-refractivity contribution in [1.29, 1.82) is 0 Å². The average molecular weight is 544 g/mol. The van der Waals surface area contributed by atoms with E-state index in [9.17, 15) is 5.11 Å². The topological polar surface area (TPSA) is 51.6 Å². The maximum absolute atomic E-state index is 10.7. The van der Waals surface area contributed by atoms with Crippen molar-refractivity contribution >= 4 is 6.08 Å². The molecule has 0 radical (unpaired) electrons. The standard InChI is InChI=1S/C36H49NO3/c1-9-35(38,10-2)20-18-30-15-16-31(22-26(30)6)36(11-3,12-4)32-23-27(7)34(28(8)24-32)33-17-14-29(25-37-33)19-21-40-39-13-5/h14-18,20,22-25,38H,9-13,19,21H2,1-8H3/b20-18+. The second kappa shape index (κ2) is 14.2. The van der Waals surface area contributed by atoms with Crippen molar-refractivity contribution in [3.05, 3.63) is 93.7 Å². The van der Waals surface area contributed by atoms with Crippen molar-refractivity contribution in [2.75, 3.05) is 13.2 Å². The fraction of sp³-hybridized carbons (Fsp3) is 0.472. The van der Waals surface area contributed by atoms with Gasteiger partial charge in [0.1, 0.15) is 0 Å². The second-order valence-electron chi connectivity index (χ2n) is 11.0. The molecule has 1 N–H and O–H groups in total. The molecule has 0 aliphatic carbocycles. The number of nitrogens with zero attached hydrogens (tertiary/aromatic N) is 1. The molecular formula is C36H49NO3. The third-order valence-electron chi connectivity index (χ3n) is 8.67. The van der Waals surface area contributed by atoms with Crippen molar-refractivity contribution in [2.45, 2.75) is 98.5 Å². The van der Waals surface area contributed by atoms with Gasteiger partial charge in [0.2, 0.25) is 0 Å². The average Bonchev–Trinajstić information content (AvgIpc) is 2.96. The molecule has 1 aromatic heterocycles. The first-order valence-electron chi connectivity index (χ1n) is 15.0. The summed E-state index contributed by atoms with van der Waals surface area (Å²) in [7, 11) is 0. The van der Waals surface area contributed by atoms with Crippen molar-refractivity contribution in [1.82, 2.24) is 4.98 Å². The number of hydrogen-bond donors (Lipinski definition) is 1. The van der Waals surface area contributed by atoms with Gasteiger partial charge in [0.05, 0.1) is 24.5 Å². The fourth-order valence-electron chi connectivity index (χ4n) is 5.79. The van der Waals surface area contributed by atoms with Gasteiger partial charge in [0.15, 0.2) is 0 Å². The maximum Gasteiger partial charge on any atom is 0.0863 e. The molecule has 0 aliphatic heterocycles. The third kappa shape index (κ3) is 7.09. The van der Waals surface area contributed by atoms with Gasteiger partial charge in [-0.15, -0.1) is 0 Å². The van der Waals surface area contributed by atoms with Crippen LogP contribution in [0.1, 0.15) is 99.2 Å². The largest absolute Gasteiger partial charge is 0.386 e. The smallest absolute Gasteiger partial charge is 0.0863 e. The first kappa shape index (κ1) is 31.7. The van der Waals surface area contributed by atoms with E-state index in [1.165, 1.54) is 33.4 Å². The van der Waals surface area contributed by atoms with Crippen molar-refractivity contribution in [3.8, 4) is 11.3 Å². The first-order chi connectivity index (χ1) is 19.2. The SMILES string of the molecule is CCOOCCc1ccc(-c2c(C)cc(C(CC)(CC)c3ccc(/C=C/C(O)(CC)CC)c(C)c3)cc2C)nc1. The molecule has 216 valence electrons. The van der Waals surface area contributed by atoms with E-state index in [2.05, 4.69) is 83.2 Å². The molecule has 0 fully saturated rings. The van der Waals surface area contributed by atoms with Gasteiger partial charge in [-0.25, -0.2) is 9.78 Å².